The second kappa shape index (κ2) is 7.61. The van der Waals surface area contributed by atoms with Gasteiger partial charge in [0, 0.05) is 25.2 Å². The van der Waals surface area contributed by atoms with Gasteiger partial charge in [-0.2, -0.15) is 4.31 Å². The normalized spacial score (nSPS) is 11.8. The lowest BCUT2D eigenvalue weighted by atomic mass is 10.2. The Kier molecular flexibility index (Phi) is 6.45. The molecule has 0 amide bonds. The van der Waals surface area contributed by atoms with Gasteiger partial charge in [-0.1, -0.05) is 13.8 Å². The average molecular weight is 300 g/mol. The zero-order valence-electron chi connectivity index (χ0n) is 12.4. The average Bonchev–Trinajstić information content (AvgIpc) is 2.45. The van der Waals surface area contributed by atoms with Crippen LogP contribution in [0.25, 0.3) is 0 Å². The van der Waals surface area contributed by atoms with Crippen molar-refractivity contribution in [2.75, 3.05) is 19.7 Å². The van der Waals surface area contributed by atoms with Gasteiger partial charge < -0.3 is 10.5 Å². The Labute approximate surface area is 121 Å². The van der Waals surface area contributed by atoms with Crippen LogP contribution in [0.1, 0.15) is 32.8 Å². The van der Waals surface area contributed by atoms with Crippen LogP contribution in [0.3, 0.4) is 0 Å². The molecule has 0 fully saturated rings. The molecular formula is C14H24N2O3S. The summed E-state index contributed by atoms with van der Waals surface area (Å²) in [6.07, 6.45) is 0.786. The molecule has 114 valence electrons. The molecule has 0 saturated carbocycles. The number of ether oxygens (including phenoxy) is 1. The molecule has 0 spiro atoms. The third-order valence-corrected chi connectivity index (χ3v) is 4.99. The molecular weight excluding hydrogens is 276 g/mol. The molecule has 1 aromatic carbocycles. The molecule has 6 heteroatoms. The second-order valence-corrected chi connectivity index (χ2v) is 6.34. The van der Waals surface area contributed by atoms with E-state index in [2.05, 4.69) is 0 Å². The number of nitrogens with zero attached hydrogens (tertiary/aromatic N) is 1. The lowest BCUT2D eigenvalue weighted by Gasteiger charge is -2.20. The number of hydrogen-bond donors (Lipinski definition) is 1. The van der Waals surface area contributed by atoms with Crippen molar-refractivity contribution in [2.45, 2.75) is 38.6 Å². The molecule has 20 heavy (non-hydrogen) atoms. The molecule has 0 aliphatic rings. The highest BCUT2D eigenvalue weighted by atomic mass is 32.2. The van der Waals surface area contributed by atoms with E-state index < -0.39 is 10.0 Å². The van der Waals surface area contributed by atoms with E-state index in [9.17, 15) is 8.42 Å². The van der Waals surface area contributed by atoms with Gasteiger partial charge in [-0.15, -0.1) is 0 Å². The molecule has 2 N–H and O–H groups in total. The van der Waals surface area contributed by atoms with Crippen LogP contribution in [0.2, 0.25) is 0 Å². The predicted molar refractivity (Wildman–Crippen MR) is 80.2 cm³/mol. The van der Waals surface area contributed by atoms with Gasteiger partial charge in [-0.05, 0) is 31.5 Å². The molecule has 0 aromatic heterocycles. The fraction of sp³-hybridized carbons (Fsp3) is 0.571. The zero-order valence-corrected chi connectivity index (χ0v) is 13.2. The number of sulfonamides is 1. The third kappa shape index (κ3) is 3.71. The number of nitrogens with two attached hydrogens (primary N) is 1. The molecule has 0 aliphatic carbocycles. The topological polar surface area (TPSA) is 72.6 Å². The first-order valence-electron chi connectivity index (χ1n) is 6.97. The third-order valence-electron chi connectivity index (χ3n) is 3.02. The van der Waals surface area contributed by atoms with Crippen LogP contribution in [-0.4, -0.2) is 32.4 Å². The van der Waals surface area contributed by atoms with Gasteiger partial charge in [-0.3, -0.25) is 0 Å². The summed E-state index contributed by atoms with van der Waals surface area (Å²) in [5, 5.41) is 0. The minimum Gasteiger partial charge on any atom is -0.494 e. The largest absolute Gasteiger partial charge is 0.494 e. The molecule has 0 radical (unpaired) electrons. The first kappa shape index (κ1) is 16.9. The quantitative estimate of drug-likeness (QED) is 0.796. The highest BCUT2D eigenvalue weighted by Gasteiger charge is 2.23. The molecule has 0 aliphatic heterocycles. The molecule has 0 atom stereocenters. The predicted octanol–water partition coefficient (Wildman–Crippen LogP) is 1.96. The SMILES string of the molecule is CCCN(CC)S(=O)(=O)c1ccc(OCC)c(CN)c1. The molecule has 0 heterocycles. The maximum atomic E-state index is 12.5. The van der Waals surface area contributed by atoms with Crippen LogP contribution in [0, 0.1) is 0 Å². The Morgan fingerprint density at radius 1 is 1.25 bits per heavy atom. The van der Waals surface area contributed by atoms with Crippen LogP contribution >= 0.6 is 0 Å². The standard InChI is InChI=1S/C14H24N2O3S/c1-4-9-16(5-2)20(17,18)13-7-8-14(19-6-3)12(10-13)11-15/h7-8,10H,4-6,9,11,15H2,1-3H3. The lowest BCUT2D eigenvalue weighted by Crippen LogP contribution is -2.31. The van der Waals surface area contributed by atoms with Crippen LogP contribution in [-0.2, 0) is 16.6 Å². The van der Waals surface area contributed by atoms with Crippen molar-refractivity contribution in [1.29, 1.82) is 0 Å². The van der Waals surface area contributed by atoms with E-state index >= 15 is 0 Å². The highest BCUT2D eigenvalue weighted by molar-refractivity contribution is 7.89. The smallest absolute Gasteiger partial charge is 0.243 e. The molecule has 0 bridgehead atoms. The Bertz CT molecular complexity index is 529. The van der Waals surface area contributed by atoms with E-state index in [1.807, 2.05) is 20.8 Å². The van der Waals surface area contributed by atoms with Gasteiger partial charge in [0.05, 0.1) is 11.5 Å². The summed E-state index contributed by atoms with van der Waals surface area (Å²) in [5.74, 6) is 0.646. The van der Waals surface area contributed by atoms with Gasteiger partial charge in [0.2, 0.25) is 10.0 Å². The Hall–Kier alpha value is -1.11. The van der Waals surface area contributed by atoms with Gasteiger partial charge in [0.15, 0.2) is 0 Å². The minimum absolute atomic E-state index is 0.249. The Balaban J connectivity index is 3.18. The lowest BCUT2D eigenvalue weighted by molar-refractivity contribution is 0.336. The van der Waals surface area contributed by atoms with E-state index in [0.717, 1.165) is 6.42 Å². The van der Waals surface area contributed by atoms with Gasteiger partial charge in [0.1, 0.15) is 5.75 Å². The van der Waals surface area contributed by atoms with Crippen LogP contribution in [0.5, 0.6) is 5.75 Å². The minimum atomic E-state index is -3.46. The summed E-state index contributed by atoms with van der Waals surface area (Å²) in [6, 6.07) is 4.87. The molecule has 0 unspecified atom stereocenters. The summed E-state index contributed by atoms with van der Waals surface area (Å²) in [7, 11) is -3.46. The van der Waals surface area contributed by atoms with E-state index in [1.165, 1.54) is 4.31 Å². The summed E-state index contributed by atoms with van der Waals surface area (Å²) in [5.41, 5.74) is 6.38. The van der Waals surface area contributed by atoms with Crippen LogP contribution in [0.15, 0.2) is 23.1 Å². The molecule has 1 aromatic rings. The summed E-state index contributed by atoms with van der Waals surface area (Å²) < 4.78 is 32.0. The van der Waals surface area contributed by atoms with Crippen molar-refractivity contribution in [1.82, 2.24) is 4.31 Å². The molecule has 5 nitrogen and oxygen atoms in total. The van der Waals surface area contributed by atoms with Crippen molar-refractivity contribution < 1.29 is 13.2 Å². The second-order valence-electron chi connectivity index (χ2n) is 4.40. The Morgan fingerprint density at radius 3 is 2.45 bits per heavy atom. The summed E-state index contributed by atoms with van der Waals surface area (Å²) in [4.78, 5) is 0.275. The fourth-order valence-corrected chi connectivity index (χ4v) is 3.61. The monoisotopic (exact) mass is 300 g/mol. The Morgan fingerprint density at radius 2 is 1.95 bits per heavy atom. The van der Waals surface area contributed by atoms with Crippen LogP contribution in [0.4, 0.5) is 0 Å². The number of hydrogen-bond acceptors (Lipinski definition) is 4. The van der Waals surface area contributed by atoms with Crippen molar-refractivity contribution in [2.24, 2.45) is 5.73 Å². The van der Waals surface area contributed by atoms with E-state index in [4.69, 9.17) is 10.5 Å². The summed E-state index contributed by atoms with van der Waals surface area (Å²) in [6.45, 7) is 7.43. The number of benzene rings is 1. The fourth-order valence-electron chi connectivity index (χ4n) is 2.02. The first-order valence-corrected chi connectivity index (χ1v) is 8.41. The van der Waals surface area contributed by atoms with Crippen molar-refractivity contribution >= 4 is 10.0 Å². The van der Waals surface area contributed by atoms with Gasteiger partial charge in [0.25, 0.3) is 0 Å². The molecule has 1 rings (SSSR count). The van der Waals surface area contributed by atoms with E-state index in [-0.39, 0.29) is 11.4 Å². The van der Waals surface area contributed by atoms with Crippen molar-refractivity contribution in [3.8, 4) is 5.75 Å². The summed E-state index contributed by atoms with van der Waals surface area (Å²) >= 11 is 0. The maximum Gasteiger partial charge on any atom is 0.243 e. The van der Waals surface area contributed by atoms with Crippen molar-refractivity contribution in [3.05, 3.63) is 23.8 Å². The first-order chi connectivity index (χ1) is 9.51. The van der Waals surface area contributed by atoms with Crippen molar-refractivity contribution in [3.63, 3.8) is 0 Å². The van der Waals surface area contributed by atoms with Gasteiger partial charge in [-0.25, -0.2) is 8.42 Å². The molecule has 0 saturated heterocycles. The number of rotatable bonds is 8. The zero-order chi connectivity index (χ0) is 15.2. The van der Waals surface area contributed by atoms with E-state index in [0.29, 0.717) is 31.0 Å². The van der Waals surface area contributed by atoms with Crippen LogP contribution < -0.4 is 10.5 Å². The highest BCUT2D eigenvalue weighted by Crippen LogP contribution is 2.24. The maximum absolute atomic E-state index is 12.5. The van der Waals surface area contributed by atoms with E-state index in [1.54, 1.807) is 18.2 Å². The van der Waals surface area contributed by atoms with Gasteiger partial charge >= 0.3 is 0 Å².